The number of fused-ring (bicyclic) bond motifs is 1. The maximum atomic E-state index is 6.18. The number of rotatable bonds is 3. The Labute approximate surface area is 109 Å². The van der Waals surface area contributed by atoms with Gasteiger partial charge < -0.3 is 19.2 Å². The summed E-state index contributed by atoms with van der Waals surface area (Å²) in [6.07, 6.45) is 1.65. The number of ether oxygens (including phenoxy) is 2. The summed E-state index contributed by atoms with van der Waals surface area (Å²) in [6, 6.07) is 7.39. The Balaban J connectivity index is 1.85. The zero-order valence-corrected chi connectivity index (χ0v) is 10.5. The monoisotopic (exact) mass is 265 g/mol. The van der Waals surface area contributed by atoms with E-state index in [9.17, 15) is 0 Å². The average Bonchev–Trinajstić information content (AvgIpc) is 2.98. The Kier molecular flexibility index (Phi) is 2.80. The molecule has 1 aromatic carbocycles. The highest BCUT2D eigenvalue weighted by atomic mass is 35.5. The normalized spacial score (nSPS) is 14.6. The van der Waals surface area contributed by atoms with E-state index in [2.05, 4.69) is 5.32 Å². The zero-order chi connectivity index (χ0) is 12.5. The van der Waals surface area contributed by atoms with Crippen LogP contribution in [0.25, 0.3) is 0 Å². The van der Waals surface area contributed by atoms with Crippen molar-refractivity contribution in [2.75, 3.05) is 12.1 Å². The van der Waals surface area contributed by atoms with Crippen molar-refractivity contribution in [1.29, 1.82) is 0 Å². The van der Waals surface area contributed by atoms with Crippen molar-refractivity contribution in [1.82, 2.24) is 0 Å². The van der Waals surface area contributed by atoms with Crippen molar-refractivity contribution >= 4 is 17.3 Å². The molecule has 0 fully saturated rings. The van der Waals surface area contributed by atoms with E-state index < -0.39 is 0 Å². The van der Waals surface area contributed by atoms with E-state index in [1.54, 1.807) is 12.3 Å². The first-order valence-electron chi connectivity index (χ1n) is 5.63. The molecule has 2 aromatic rings. The third-order valence-corrected chi connectivity index (χ3v) is 3.12. The Morgan fingerprint density at radius 3 is 2.78 bits per heavy atom. The van der Waals surface area contributed by atoms with Gasteiger partial charge in [-0.1, -0.05) is 11.6 Å². The molecule has 0 saturated heterocycles. The van der Waals surface area contributed by atoms with Gasteiger partial charge in [-0.25, -0.2) is 0 Å². The van der Waals surface area contributed by atoms with Crippen molar-refractivity contribution in [3.8, 4) is 11.5 Å². The Morgan fingerprint density at radius 2 is 2.06 bits per heavy atom. The number of nitrogens with one attached hydrogen (secondary N) is 1. The van der Waals surface area contributed by atoms with Crippen molar-refractivity contribution in [3.05, 3.63) is 41.3 Å². The quantitative estimate of drug-likeness (QED) is 0.916. The highest BCUT2D eigenvalue weighted by molar-refractivity contribution is 6.33. The largest absolute Gasteiger partial charge is 0.467 e. The Bertz CT molecular complexity index is 554. The summed E-state index contributed by atoms with van der Waals surface area (Å²) in [4.78, 5) is 0. The minimum Gasteiger partial charge on any atom is -0.467 e. The second kappa shape index (κ2) is 4.46. The van der Waals surface area contributed by atoms with Crippen LogP contribution >= 0.6 is 11.6 Å². The topological polar surface area (TPSA) is 43.6 Å². The molecule has 1 aromatic heterocycles. The molecule has 1 aliphatic rings. The average molecular weight is 266 g/mol. The van der Waals surface area contributed by atoms with Gasteiger partial charge in [0.05, 0.1) is 23.0 Å². The van der Waals surface area contributed by atoms with Crippen LogP contribution in [0.3, 0.4) is 0 Å². The van der Waals surface area contributed by atoms with Crippen LogP contribution < -0.4 is 14.8 Å². The van der Waals surface area contributed by atoms with Crippen LogP contribution in [0.5, 0.6) is 11.5 Å². The third-order valence-electron chi connectivity index (χ3n) is 2.80. The summed E-state index contributed by atoms with van der Waals surface area (Å²) in [5, 5.41) is 3.88. The van der Waals surface area contributed by atoms with Gasteiger partial charge in [0.25, 0.3) is 0 Å². The van der Waals surface area contributed by atoms with E-state index >= 15 is 0 Å². The summed E-state index contributed by atoms with van der Waals surface area (Å²) in [7, 11) is 0. The van der Waals surface area contributed by atoms with Crippen LogP contribution in [0.4, 0.5) is 5.69 Å². The number of benzene rings is 1. The van der Waals surface area contributed by atoms with E-state index in [1.807, 2.05) is 25.1 Å². The zero-order valence-electron chi connectivity index (χ0n) is 9.77. The maximum absolute atomic E-state index is 6.18. The second-order valence-corrected chi connectivity index (χ2v) is 4.47. The van der Waals surface area contributed by atoms with Gasteiger partial charge in [-0.05, 0) is 19.1 Å². The molecule has 1 unspecified atom stereocenters. The molecule has 0 saturated carbocycles. The molecular formula is C13H12ClNO3. The highest BCUT2D eigenvalue weighted by Crippen LogP contribution is 2.40. The molecule has 0 radical (unpaired) electrons. The summed E-state index contributed by atoms with van der Waals surface area (Å²) >= 11 is 6.18. The maximum Gasteiger partial charge on any atom is 0.231 e. The van der Waals surface area contributed by atoms with Crippen LogP contribution in [0, 0.1) is 0 Å². The van der Waals surface area contributed by atoms with Crippen LogP contribution in [-0.2, 0) is 0 Å². The van der Waals surface area contributed by atoms with Crippen molar-refractivity contribution < 1.29 is 13.9 Å². The number of halogens is 1. The molecule has 1 aliphatic heterocycles. The van der Waals surface area contributed by atoms with Crippen LogP contribution in [0.15, 0.2) is 34.9 Å². The number of furan rings is 1. The van der Waals surface area contributed by atoms with Crippen molar-refractivity contribution in [3.63, 3.8) is 0 Å². The molecule has 1 N–H and O–H groups in total. The van der Waals surface area contributed by atoms with Crippen LogP contribution in [0.2, 0.25) is 5.02 Å². The SMILES string of the molecule is CC(Nc1cc2c(cc1Cl)OCO2)c1ccco1. The van der Waals surface area contributed by atoms with Crippen molar-refractivity contribution in [2.45, 2.75) is 13.0 Å². The van der Waals surface area contributed by atoms with E-state index in [-0.39, 0.29) is 12.8 Å². The molecular weight excluding hydrogens is 254 g/mol. The lowest BCUT2D eigenvalue weighted by Crippen LogP contribution is -2.05. The number of hydrogen-bond acceptors (Lipinski definition) is 4. The van der Waals surface area contributed by atoms with Crippen LogP contribution in [0.1, 0.15) is 18.7 Å². The fraction of sp³-hybridized carbons (Fsp3) is 0.231. The van der Waals surface area contributed by atoms with Gasteiger partial charge in [0.1, 0.15) is 5.76 Å². The molecule has 2 heterocycles. The molecule has 0 spiro atoms. The highest BCUT2D eigenvalue weighted by Gasteiger charge is 2.18. The predicted octanol–water partition coefficient (Wildman–Crippen LogP) is 3.83. The molecule has 0 aliphatic carbocycles. The Morgan fingerprint density at radius 1 is 1.28 bits per heavy atom. The second-order valence-electron chi connectivity index (χ2n) is 4.07. The minimum atomic E-state index is 0.0258. The summed E-state index contributed by atoms with van der Waals surface area (Å²) in [5.74, 6) is 2.23. The predicted molar refractivity (Wildman–Crippen MR) is 68.3 cm³/mol. The smallest absolute Gasteiger partial charge is 0.231 e. The fourth-order valence-electron chi connectivity index (χ4n) is 1.87. The molecule has 0 amide bonds. The Hall–Kier alpha value is -1.81. The summed E-state index contributed by atoms with van der Waals surface area (Å²) in [5.41, 5.74) is 0.796. The summed E-state index contributed by atoms with van der Waals surface area (Å²) < 4.78 is 15.9. The minimum absolute atomic E-state index is 0.0258. The van der Waals surface area contributed by atoms with Gasteiger partial charge in [0.15, 0.2) is 11.5 Å². The third kappa shape index (κ3) is 1.99. The van der Waals surface area contributed by atoms with Gasteiger partial charge in [0, 0.05) is 12.1 Å². The molecule has 5 heteroatoms. The first-order chi connectivity index (χ1) is 8.74. The fourth-order valence-corrected chi connectivity index (χ4v) is 2.08. The van der Waals surface area contributed by atoms with Crippen molar-refractivity contribution in [2.24, 2.45) is 0 Å². The molecule has 4 nitrogen and oxygen atoms in total. The molecule has 18 heavy (non-hydrogen) atoms. The van der Waals surface area contributed by atoms with Gasteiger partial charge in [0.2, 0.25) is 6.79 Å². The number of anilines is 1. The molecule has 1 atom stereocenters. The number of hydrogen-bond donors (Lipinski definition) is 1. The molecule has 3 rings (SSSR count). The van der Waals surface area contributed by atoms with E-state index in [0.29, 0.717) is 16.5 Å². The standard InChI is InChI=1S/C13H12ClNO3/c1-8(11-3-2-4-16-11)15-10-6-13-12(5-9(10)14)17-7-18-13/h2-6,8,15H,7H2,1H3. The lowest BCUT2D eigenvalue weighted by atomic mass is 10.2. The van der Waals surface area contributed by atoms with Gasteiger partial charge in [-0.15, -0.1) is 0 Å². The lowest BCUT2D eigenvalue weighted by Gasteiger charge is -2.14. The van der Waals surface area contributed by atoms with Gasteiger partial charge in [-0.3, -0.25) is 0 Å². The van der Waals surface area contributed by atoms with Crippen LogP contribution in [-0.4, -0.2) is 6.79 Å². The van der Waals surface area contributed by atoms with Gasteiger partial charge in [-0.2, -0.15) is 0 Å². The van der Waals surface area contributed by atoms with E-state index in [1.165, 1.54) is 0 Å². The first-order valence-corrected chi connectivity index (χ1v) is 6.01. The summed E-state index contributed by atoms with van der Waals surface area (Å²) in [6.45, 7) is 2.24. The van der Waals surface area contributed by atoms with Gasteiger partial charge >= 0.3 is 0 Å². The molecule has 94 valence electrons. The van der Waals surface area contributed by atoms with E-state index in [4.69, 9.17) is 25.5 Å². The van der Waals surface area contributed by atoms with E-state index in [0.717, 1.165) is 11.4 Å². The first kappa shape index (κ1) is 11.3. The lowest BCUT2D eigenvalue weighted by molar-refractivity contribution is 0.174. The molecule has 0 bridgehead atoms.